The molecule has 3 rings (SSSR count). The Hall–Kier alpha value is -1.30. The molecule has 1 saturated heterocycles. The van der Waals surface area contributed by atoms with Crippen molar-refractivity contribution in [2.24, 2.45) is 0 Å². The van der Waals surface area contributed by atoms with Gasteiger partial charge in [-0.3, -0.25) is 9.69 Å². The van der Waals surface area contributed by atoms with E-state index in [9.17, 15) is 4.79 Å². The van der Waals surface area contributed by atoms with Crippen LogP contribution in [0.2, 0.25) is 0 Å². The first kappa shape index (κ1) is 18.5. The Morgan fingerprint density at radius 2 is 1.76 bits per heavy atom. The second kappa shape index (κ2) is 9.41. The fourth-order valence-corrected chi connectivity index (χ4v) is 4.12. The van der Waals surface area contributed by atoms with Crippen LogP contribution in [-0.4, -0.2) is 36.2 Å². The van der Waals surface area contributed by atoms with Gasteiger partial charge in [0.25, 0.3) is 0 Å². The van der Waals surface area contributed by atoms with Crippen LogP contribution in [0.15, 0.2) is 64.0 Å². The first-order chi connectivity index (χ1) is 12.2. The minimum Gasteiger partial charge on any atom is -0.353 e. The minimum atomic E-state index is 0.0908. The minimum absolute atomic E-state index is 0.0908. The van der Waals surface area contributed by atoms with Gasteiger partial charge in [0, 0.05) is 15.9 Å². The lowest BCUT2D eigenvalue weighted by Crippen LogP contribution is -2.37. The third-order valence-electron chi connectivity index (χ3n) is 4.44. The number of amides is 1. The van der Waals surface area contributed by atoms with Crippen LogP contribution in [0.1, 0.15) is 24.4 Å². The van der Waals surface area contributed by atoms with E-state index >= 15 is 0 Å². The summed E-state index contributed by atoms with van der Waals surface area (Å²) < 4.78 is 1.05. The van der Waals surface area contributed by atoms with Crippen LogP contribution >= 0.6 is 27.7 Å². The lowest BCUT2D eigenvalue weighted by molar-refractivity contribution is -0.118. The highest BCUT2D eigenvalue weighted by atomic mass is 79.9. The normalized spacial score (nSPS) is 15.9. The molecule has 25 heavy (non-hydrogen) atoms. The van der Waals surface area contributed by atoms with Crippen molar-refractivity contribution in [3.63, 3.8) is 0 Å². The van der Waals surface area contributed by atoms with E-state index in [0.29, 0.717) is 12.3 Å². The number of carbonyl (C=O) groups excluding carboxylic acids is 1. The fraction of sp³-hybridized carbons (Fsp3) is 0.350. The maximum Gasteiger partial charge on any atom is 0.230 e. The molecule has 1 aliphatic heterocycles. The molecule has 1 fully saturated rings. The van der Waals surface area contributed by atoms with Crippen molar-refractivity contribution in [2.45, 2.75) is 23.8 Å². The predicted molar refractivity (Wildman–Crippen MR) is 108 cm³/mol. The van der Waals surface area contributed by atoms with Crippen molar-refractivity contribution >= 4 is 33.6 Å². The molecule has 5 heteroatoms. The van der Waals surface area contributed by atoms with Crippen molar-refractivity contribution in [2.75, 3.05) is 25.4 Å². The van der Waals surface area contributed by atoms with Crippen molar-refractivity contribution in [3.8, 4) is 0 Å². The Kier molecular flexibility index (Phi) is 6.96. The number of rotatable bonds is 7. The van der Waals surface area contributed by atoms with Gasteiger partial charge in [0.2, 0.25) is 5.91 Å². The smallest absolute Gasteiger partial charge is 0.230 e. The maximum absolute atomic E-state index is 12.3. The number of nitrogens with one attached hydrogen (secondary N) is 1. The van der Waals surface area contributed by atoms with Gasteiger partial charge in [-0.1, -0.05) is 46.3 Å². The molecular formula is C20H23BrN2OS. The molecule has 0 aliphatic carbocycles. The van der Waals surface area contributed by atoms with Gasteiger partial charge in [-0.15, -0.1) is 11.8 Å². The van der Waals surface area contributed by atoms with Crippen LogP contribution in [-0.2, 0) is 4.79 Å². The van der Waals surface area contributed by atoms with Crippen LogP contribution < -0.4 is 5.32 Å². The molecule has 0 aromatic heterocycles. The van der Waals surface area contributed by atoms with Gasteiger partial charge in [-0.05, 0) is 55.8 Å². The Morgan fingerprint density at radius 1 is 1.08 bits per heavy atom. The average Bonchev–Trinajstić information content (AvgIpc) is 3.17. The lowest BCUT2D eigenvalue weighted by Gasteiger charge is -2.28. The molecule has 1 heterocycles. The van der Waals surface area contributed by atoms with Gasteiger partial charge in [0.05, 0.1) is 11.8 Å². The highest BCUT2D eigenvalue weighted by molar-refractivity contribution is 9.10. The molecule has 0 spiro atoms. The molecule has 2 aromatic rings. The number of nitrogens with zero attached hydrogens (tertiary/aromatic N) is 1. The number of halogens is 1. The molecule has 1 atom stereocenters. The van der Waals surface area contributed by atoms with E-state index in [1.54, 1.807) is 11.8 Å². The van der Waals surface area contributed by atoms with E-state index < -0.39 is 0 Å². The molecule has 1 amide bonds. The molecule has 2 aromatic carbocycles. The molecular weight excluding hydrogens is 396 g/mol. The Morgan fingerprint density at radius 3 is 2.44 bits per heavy atom. The van der Waals surface area contributed by atoms with E-state index in [0.717, 1.165) is 22.5 Å². The van der Waals surface area contributed by atoms with Crippen LogP contribution in [0.5, 0.6) is 0 Å². The van der Waals surface area contributed by atoms with Gasteiger partial charge in [0.1, 0.15) is 0 Å². The number of hydrogen-bond donors (Lipinski definition) is 1. The Balaban J connectivity index is 1.53. The average molecular weight is 419 g/mol. The summed E-state index contributed by atoms with van der Waals surface area (Å²) in [5.74, 6) is 0.538. The number of likely N-dealkylation sites (tertiary alicyclic amines) is 1. The predicted octanol–water partition coefficient (Wildman–Crippen LogP) is 4.49. The summed E-state index contributed by atoms with van der Waals surface area (Å²) in [6.45, 7) is 2.90. The number of thioether (sulfide) groups is 1. The summed E-state index contributed by atoms with van der Waals surface area (Å²) in [4.78, 5) is 15.9. The Labute approximate surface area is 162 Å². The zero-order chi connectivity index (χ0) is 17.5. The first-order valence-electron chi connectivity index (χ1n) is 8.66. The second-order valence-corrected chi connectivity index (χ2v) is 8.18. The first-order valence-corrected chi connectivity index (χ1v) is 10.4. The summed E-state index contributed by atoms with van der Waals surface area (Å²) in [5.41, 5.74) is 1.28. The zero-order valence-electron chi connectivity index (χ0n) is 14.2. The van der Waals surface area contributed by atoms with E-state index in [-0.39, 0.29) is 11.9 Å². The van der Waals surface area contributed by atoms with Crippen molar-refractivity contribution < 1.29 is 4.79 Å². The number of hydrogen-bond acceptors (Lipinski definition) is 3. The Bertz CT molecular complexity index is 672. The highest BCUT2D eigenvalue weighted by Crippen LogP contribution is 2.25. The molecule has 132 valence electrons. The fourth-order valence-electron chi connectivity index (χ4n) is 3.13. The van der Waals surface area contributed by atoms with Crippen molar-refractivity contribution in [1.29, 1.82) is 0 Å². The SMILES string of the molecule is O=C(CSc1ccc(Br)cc1)NCC(c1ccccc1)N1CCCC1. The number of benzene rings is 2. The molecule has 1 aliphatic rings. The maximum atomic E-state index is 12.3. The van der Waals surface area contributed by atoms with Gasteiger partial charge in [0.15, 0.2) is 0 Å². The van der Waals surface area contributed by atoms with E-state index in [2.05, 4.69) is 50.4 Å². The van der Waals surface area contributed by atoms with Gasteiger partial charge in [-0.25, -0.2) is 0 Å². The summed E-state index contributed by atoms with van der Waals surface area (Å²) in [6, 6.07) is 18.8. The summed E-state index contributed by atoms with van der Waals surface area (Å²) in [5, 5.41) is 3.13. The van der Waals surface area contributed by atoms with E-state index in [1.165, 1.54) is 18.4 Å². The highest BCUT2D eigenvalue weighted by Gasteiger charge is 2.23. The number of carbonyl (C=O) groups is 1. The second-order valence-electron chi connectivity index (χ2n) is 6.22. The van der Waals surface area contributed by atoms with Crippen LogP contribution in [0.25, 0.3) is 0 Å². The molecule has 1 N–H and O–H groups in total. The van der Waals surface area contributed by atoms with Crippen molar-refractivity contribution in [3.05, 3.63) is 64.6 Å². The van der Waals surface area contributed by atoms with E-state index in [1.807, 2.05) is 30.3 Å². The third-order valence-corrected chi connectivity index (χ3v) is 5.98. The lowest BCUT2D eigenvalue weighted by atomic mass is 10.1. The van der Waals surface area contributed by atoms with Crippen molar-refractivity contribution in [1.82, 2.24) is 10.2 Å². The van der Waals surface area contributed by atoms with E-state index in [4.69, 9.17) is 0 Å². The van der Waals surface area contributed by atoms with Gasteiger partial charge < -0.3 is 5.32 Å². The van der Waals surface area contributed by atoms with Gasteiger partial charge in [-0.2, -0.15) is 0 Å². The summed E-state index contributed by atoms with van der Waals surface area (Å²) in [7, 11) is 0. The zero-order valence-corrected chi connectivity index (χ0v) is 16.6. The third kappa shape index (κ3) is 5.59. The summed E-state index contributed by atoms with van der Waals surface area (Å²) >= 11 is 5.00. The van der Waals surface area contributed by atoms with Crippen LogP contribution in [0.3, 0.4) is 0 Å². The largest absolute Gasteiger partial charge is 0.353 e. The standard InChI is InChI=1S/C20H23BrN2OS/c21-17-8-10-18(11-9-17)25-15-20(24)22-14-19(23-12-4-5-13-23)16-6-2-1-3-7-16/h1-3,6-11,19H,4-5,12-15H2,(H,22,24). The molecule has 3 nitrogen and oxygen atoms in total. The monoisotopic (exact) mass is 418 g/mol. The topological polar surface area (TPSA) is 32.3 Å². The van der Waals surface area contributed by atoms with Crippen LogP contribution in [0.4, 0.5) is 0 Å². The molecule has 0 bridgehead atoms. The van der Waals surface area contributed by atoms with Crippen LogP contribution in [0, 0.1) is 0 Å². The quantitative estimate of drug-likeness (QED) is 0.671. The summed E-state index contributed by atoms with van der Waals surface area (Å²) in [6.07, 6.45) is 2.49. The van der Waals surface area contributed by atoms with Gasteiger partial charge >= 0.3 is 0 Å². The molecule has 0 saturated carbocycles. The molecule has 0 radical (unpaired) electrons. The molecule has 1 unspecified atom stereocenters.